The molecule has 1 heterocycles. The lowest BCUT2D eigenvalue weighted by Gasteiger charge is -2.28. The van der Waals surface area contributed by atoms with E-state index in [0.29, 0.717) is 13.0 Å². The molecule has 0 bridgehead atoms. The van der Waals surface area contributed by atoms with Crippen molar-refractivity contribution in [2.24, 2.45) is 11.8 Å². The summed E-state index contributed by atoms with van der Waals surface area (Å²) in [4.78, 5) is 26.2. The minimum Gasteiger partial charge on any atom is -0.353 e. The molecular weight excluding hydrogens is 414 g/mol. The summed E-state index contributed by atoms with van der Waals surface area (Å²) in [7, 11) is -3.62. The summed E-state index contributed by atoms with van der Waals surface area (Å²) in [5.74, 6) is 0.364. The number of carbonyl (C=O) groups is 2. The van der Waals surface area contributed by atoms with Gasteiger partial charge in [0.2, 0.25) is 21.8 Å². The zero-order chi connectivity index (χ0) is 22.8. The van der Waals surface area contributed by atoms with E-state index in [2.05, 4.69) is 17.0 Å². The molecule has 1 aliphatic heterocycles. The second-order valence-corrected chi connectivity index (χ2v) is 10.9. The molecule has 1 aliphatic carbocycles. The molecule has 0 radical (unpaired) electrons. The topological polar surface area (TPSA) is 95.6 Å². The van der Waals surface area contributed by atoms with Crippen LogP contribution in [0.3, 0.4) is 0 Å². The molecule has 0 aromatic heterocycles. The zero-order valence-corrected chi connectivity index (χ0v) is 19.8. The highest BCUT2D eigenvalue weighted by Gasteiger charge is 2.31. The number of nitrogens with one attached hydrogen (secondary N) is 2. The summed E-state index contributed by atoms with van der Waals surface area (Å²) >= 11 is 0. The van der Waals surface area contributed by atoms with Gasteiger partial charge in [-0.15, -0.1) is 0 Å². The van der Waals surface area contributed by atoms with Crippen molar-refractivity contribution in [1.29, 1.82) is 0 Å². The SMILES string of the molecule is CC[C@H](C)NC(=O)C1CCC(CNS(=O)(=O)c2ccc3c(c2)C[C@H](C)N3C(C)=O)CC1. The molecule has 7 nitrogen and oxygen atoms in total. The van der Waals surface area contributed by atoms with Crippen LogP contribution in [-0.4, -0.2) is 38.9 Å². The second kappa shape index (κ2) is 9.69. The van der Waals surface area contributed by atoms with Crippen molar-refractivity contribution in [1.82, 2.24) is 10.0 Å². The summed E-state index contributed by atoms with van der Waals surface area (Å²) in [6.45, 7) is 7.94. The standard InChI is InChI=1S/C23H35N3O4S/c1-5-15(2)25-23(28)19-8-6-18(7-9-19)14-24-31(29,30)21-10-11-22-20(13-21)12-16(3)26(22)17(4)27/h10-11,13,15-16,18-19,24H,5-9,12,14H2,1-4H3,(H,25,28)/t15-,16-,18?,19?/m0/s1. The molecule has 172 valence electrons. The van der Waals surface area contributed by atoms with Gasteiger partial charge in [0.1, 0.15) is 0 Å². The Morgan fingerprint density at radius 1 is 1.19 bits per heavy atom. The fourth-order valence-electron chi connectivity index (χ4n) is 4.66. The zero-order valence-electron chi connectivity index (χ0n) is 19.0. The van der Waals surface area contributed by atoms with Crippen LogP contribution in [-0.2, 0) is 26.0 Å². The summed E-state index contributed by atoms with van der Waals surface area (Å²) in [6.07, 6.45) is 4.85. The number of hydrogen-bond acceptors (Lipinski definition) is 4. The van der Waals surface area contributed by atoms with Gasteiger partial charge in [-0.05, 0) is 82.1 Å². The Balaban J connectivity index is 1.55. The average molecular weight is 450 g/mol. The number of benzene rings is 1. The molecule has 0 unspecified atom stereocenters. The van der Waals surface area contributed by atoms with Crippen LogP contribution in [0.4, 0.5) is 5.69 Å². The lowest BCUT2D eigenvalue weighted by atomic mass is 9.81. The van der Waals surface area contributed by atoms with E-state index < -0.39 is 10.0 Å². The van der Waals surface area contributed by atoms with E-state index in [4.69, 9.17) is 0 Å². The maximum atomic E-state index is 12.8. The highest BCUT2D eigenvalue weighted by atomic mass is 32.2. The van der Waals surface area contributed by atoms with Crippen molar-refractivity contribution in [3.8, 4) is 0 Å². The van der Waals surface area contributed by atoms with Gasteiger partial charge in [-0.1, -0.05) is 6.92 Å². The highest BCUT2D eigenvalue weighted by molar-refractivity contribution is 7.89. The van der Waals surface area contributed by atoms with Gasteiger partial charge in [-0.2, -0.15) is 0 Å². The van der Waals surface area contributed by atoms with Crippen molar-refractivity contribution in [2.75, 3.05) is 11.4 Å². The Morgan fingerprint density at radius 3 is 2.48 bits per heavy atom. The van der Waals surface area contributed by atoms with Gasteiger partial charge in [0, 0.05) is 37.2 Å². The van der Waals surface area contributed by atoms with Gasteiger partial charge in [0.25, 0.3) is 0 Å². The summed E-state index contributed by atoms with van der Waals surface area (Å²) < 4.78 is 28.4. The van der Waals surface area contributed by atoms with E-state index in [0.717, 1.165) is 43.4 Å². The predicted octanol–water partition coefficient (Wildman–Crippen LogP) is 2.98. The molecule has 1 fully saturated rings. The molecule has 31 heavy (non-hydrogen) atoms. The van der Waals surface area contributed by atoms with Crippen LogP contribution in [0.25, 0.3) is 0 Å². The molecule has 1 aromatic rings. The van der Waals surface area contributed by atoms with E-state index in [9.17, 15) is 18.0 Å². The minimum atomic E-state index is -3.62. The first kappa shape index (κ1) is 23.7. The van der Waals surface area contributed by atoms with Crippen LogP contribution in [0.2, 0.25) is 0 Å². The van der Waals surface area contributed by atoms with Crippen molar-refractivity contribution in [3.63, 3.8) is 0 Å². The minimum absolute atomic E-state index is 0.0322. The summed E-state index contributed by atoms with van der Waals surface area (Å²) in [5.41, 5.74) is 1.69. The smallest absolute Gasteiger partial charge is 0.240 e. The van der Waals surface area contributed by atoms with Crippen LogP contribution < -0.4 is 14.9 Å². The van der Waals surface area contributed by atoms with Crippen molar-refractivity contribution >= 4 is 27.5 Å². The van der Waals surface area contributed by atoms with Crippen molar-refractivity contribution < 1.29 is 18.0 Å². The van der Waals surface area contributed by atoms with Crippen molar-refractivity contribution in [2.45, 2.75) is 83.2 Å². The molecule has 8 heteroatoms. The lowest BCUT2D eigenvalue weighted by molar-refractivity contribution is -0.126. The van der Waals surface area contributed by atoms with E-state index in [1.807, 2.05) is 13.8 Å². The third-order valence-electron chi connectivity index (χ3n) is 6.70. The van der Waals surface area contributed by atoms with Crippen LogP contribution >= 0.6 is 0 Å². The number of hydrogen-bond donors (Lipinski definition) is 2. The van der Waals surface area contributed by atoms with Gasteiger partial charge < -0.3 is 10.2 Å². The Labute approximate surface area is 186 Å². The quantitative estimate of drug-likeness (QED) is 0.669. The molecule has 2 N–H and O–H groups in total. The Kier molecular flexibility index (Phi) is 7.42. The normalized spacial score (nSPS) is 24.5. The molecule has 1 saturated carbocycles. The number of anilines is 1. The fraction of sp³-hybridized carbons (Fsp3) is 0.652. The van der Waals surface area contributed by atoms with E-state index in [-0.39, 0.29) is 40.6 Å². The van der Waals surface area contributed by atoms with E-state index >= 15 is 0 Å². The van der Waals surface area contributed by atoms with E-state index in [1.54, 1.807) is 23.1 Å². The van der Waals surface area contributed by atoms with Crippen LogP contribution in [0.1, 0.15) is 65.4 Å². The Bertz CT molecular complexity index is 923. The Hall–Kier alpha value is -1.93. The van der Waals surface area contributed by atoms with Crippen LogP contribution in [0.15, 0.2) is 23.1 Å². The number of carbonyl (C=O) groups excluding carboxylic acids is 2. The first-order valence-electron chi connectivity index (χ1n) is 11.3. The van der Waals surface area contributed by atoms with Gasteiger partial charge in [-0.3, -0.25) is 9.59 Å². The number of rotatable bonds is 7. The molecule has 2 amide bonds. The number of nitrogens with zero attached hydrogens (tertiary/aromatic N) is 1. The molecule has 2 atom stereocenters. The number of fused-ring (bicyclic) bond motifs is 1. The van der Waals surface area contributed by atoms with E-state index in [1.165, 1.54) is 6.92 Å². The van der Waals surface area contributed by atoms with Gasteiger partial charge in [-0.25, -0.2) is 13.1 Å². The monoisotopic (exact) mass is 449 g/mol. The fourth-order valence-corrected chi connectivity index (χ4v) is 5.82. The largest absolute Gasteiger partial charge is 0.353 e. The van der Waals surface area contributed by atoms with Crippen LogP contribution in [0.5, 0.6) is 0 Å². The third-order valence-corrected chi connectivity index (χ3v) is 8.12. The maximum absolute atomic E-state index is 12.8. The highest BCUT2D eigenvalue weighted by Crippen LogP contribution is 2.34. The summed E-state index contributed by atoms with van der Waals surface area (Å²) in [6, 6.07) is 5.22. The van der Waals surface area contributed by atoms with Crippen molar-refractivity contribution in [3.05, 3.63) is 23.8 Å². The Morgan fingerprint density at radius 2 is 1.87 bits per heavy atom. The lowest BCUT2D eigenvalue weighted by Crippen LogP contribution is -2.39. The maximum Gasteiger partial charge on any atom is 0.240 e. The van der Waals surface area contributed by atoms with Gasteiger partial charge >= 0.3 is 0 Å². The third kappa shape index (κ3) is 5.47. The first-order valence-corrected chi connectivity index (χ1v) is 12.8. The number of amides is 2. The molecular formula is C23H35N3O4S. The van der Waals surface area contributed by atoms with Gasteiger partial charge in [0.05, 0.1) is 4.90 Å². The molecule has 3 rings (SSSR count). The summed E-state index contributed by atoms with van der Waals surface area (Å²) in [5, 5.41) is 3.05. The predicted molar refractivity (Wildman–Crippen MR) is 121 cm³/mol. The van der Waals surface area contributed by atoms with Crippen LogP contribution in [0, 0.1) is 11.8 Å². The average Bonchev–Trinajstić information content (AvgIpc) is 3.07. The molecule has 0 spiro atoms. The first-order chi connectivity index (χ1) is 14.6. The second-order valence-electron chi connectivity index (χ2n) is 9.12. The number of sulfonamides is 1. The molecule has 0 saturated heterocycles. The van der Waals surface area contributed by atoms with Gasteiger partial charge in [0.15, 0.2) is 0 Å². The molecule has 1 aromatic carbocycles. The molecule has 2 aliphatic rings.